The Morgan fingerprint density at radius 3 is 2.73 bits per heavy atom. The van der Waals surface area contributed by atoms with Crippen LogP contribution in [0.1, 0.15) is 10.4 Å². The molecule has 0 amide bonds. The summed E-state index contributed by atoms with van der Waals surface area (Å²) in [5, 5.41) is 0.473. The molecule has 0 atom stereocenters. The molecule has 0 N–H and O–H groups in total. The topological polar surface area (TPSA) is 17.1 Å². The normalized spacial score (nSPS) is 9.73. The van der Waals surface area contributed by atoms with E-state index in [2.05, 4.69) is 38.5 Å². The highest BCUT2D eigenvalue weighted by molar-refractivity contribution is 14.1. The molecular weight excluding hydrogens is 342 g/mol. The Balaban J connectivity index is 3.35. The number of aldehydes is 1. The Morgan fingerprint density at radius 1 is 1.55 bits per heavy atom. The van der Waals surface area contributed by atoms with Gasteiger partial charge in [0.1, 0.15) is 0 Å². The number of hydrogen-bond acceptors (Lipinski definition) is 1. The molecule has 0 aliphatic rings. The summed E-state index contributed by atoms with van der Waals surface area (Å²) in [6.45, 7) is 0. The first-order valence-corrected chi connectivity index (χ1v) is 5.00. The SMILES string of the molecule is O=Cc1cc(I)cc(Br)c1Cl. The maximum absolute atomic E-state index is 10.4. The van der Waals surface area contributed by atoms with Gasteiger partial charge in [0.15, 0.2) is 6.29 Å². The van der Waals surface area contributed by atoms with Gasteiger partial charge in [0.2, 0.25) is 0 Å². The maximum atomic E-state index is 10.4. The molecule has 1 aromatic carbocycles. The second-order valence-electron chi connectivity index (χ2n) is 1.91. The van der Waals surface area contributed by atoms with Crippen molar-refractivity contribution in [2.45, 2.75) is 0 Å². The van der Waals surface area contributed by atoms with E-state index >= 15 is 0 Å². The smallest absolute Gasteiger partial charge is 0.151 e. The summed E-state index contributed by atoms with van der Waals surface area (Å²) in [4.78, 5) is 10.4. The average molecular weight is 345 g/mol. The lowest BCUT2D eigenvalue weighted by Gasteiger charge is -1.99. The lowest BCUT2D eigenvalue weighted by atomic mass is 10.2. The zero-order valence-corrected chi connectivity index (χ0v) is 9.77. The number of carbonyl (C=O) groups is 1. The third-order valence-corrected chi connectivity index (χ3v) is 3.05. The van der Waals surface area contributed by atoms with Crippen molar-refractivity contribution in [3.8, 4) is 0 Å². The molecule has 0 unspecified atom stereocenters. The molecule has 11 heavy (non-hydrogen) atoms. The molecule has 0 radical (unpaired) electrons. The van der Waals surface area contributed by atoms with Gasteiger partial charge in [-0.05, 0) is 50.7 Å². The first kappa shape index (κ1) is 9.48. The van der Waals surface area contributed by atoms with E-state index in [1.165, 1.54) is 0 Å². The maximum Gasteiger partial charge on any atom is 0.151 e. The van der Waals surface area contributed by atoms with E-state index in [0.717, 1.165) is 14.3 Å². The lowest BCUT2D eigenvalue weighted by Crippen LogP contribution is -1.84. The van der Waals surface area contributed by atoms with Gasteiger partial charge in [-0.15, -0.1) is 0 Å². The highest BCUT2D eigenvalue weighted by Gasteiger charge is 2.04. The Labute approximate surface area is 91.4 Å². The second-order valence-corrected chi connectivity index (χ2v) is 4.39. The minimum absolute atomic E-state index is 0.473. The number of benzene rings is 1. The van der Waals surface area contributed by atoms with Crippen LogP contribution < -0.4 is 0 Å². The van der Waals surface area contributed by atoms with Crippen LogP contribution in [-0.2, 0) is 0 Å². The molecule has 1 aromatic rings. The monoisotopic (exact) mass is 344 g/mol. The number of carbonyl (C=O) groups excluding carboxylic acids is 1. The van der Waals surface area contributed by atoms with Gasteiger partial charge in [-0.2, -0.15) is 0 Å². The third-order valence-electron chi connectivity index (χ3n) is 1.15. The molecule has 58 valence electrons. The summed E-state index contributed by atoms with van der Waals surface area (Å²) < 4.78 is 1.74. The molecule has 1 nitrogen and oxygen atoms in total. The van der Waals surface area contributed by atoms with Crippen molar-refractivity contribution in [2.24, 2.45) is 0 Å². The molecule has 0 bridgehead atoms. The fourth-order valence-electron chi connectivity index (χ4n) is 0.662. The van der Waals surface area contributed by atoms with Gasteiger partial charge in [0.05, 0.1) is 5.02 Å². The van der Waals surface area contributed by atoms with Crippen LogP contribution in [-0.4, -0.2) is 6.29 Å². The van der Waals surface area contributed by atoms with Crippen molar-refractivity contribution in [2.75, 3.05) is 0 Å². The van der Waals surface area contributed by atoms with E-state index in [-0.39, 0.29) is 0 Å². The molecule has 0 saturated carbocycles. The predicted molar refractivity (Wildman–Crippen MR) is 57.3 cm³/mol. The van der Waals surface area contributed by atoms with Crippen molar-refractivity contribution in [1.82, 2.24) is 0 Å². The molecular formula is C7H3BrClIO. The van der Waals surface area contributed by atoms with E-state index in [4.69, 9.17) is 11.6 Å². The highest BCUT2D eigenvalue weighted by Crippen LogP contribution is 2.27. The van der Waals surface area contributed by atoms with Crippen LogP contribution in [0.25, 0.3) is 0 Å². The first-order chi connectivity index (χ1) is 5.15. The quantitative estimate of drug-likeness (QED) is 0.432. The lowest BCUT2D eigenvalue weighted by molar-refractivity contribution is 0.112. The average Bonchev–Trinajstić information content (AvgIpc) is 1.96. The summed E-state index contributed by atoms with van der Waals surface area (Å²) in [5.41, 5.74) is 0.519. The largest absolute Gasteiger partial charge is 0.298 e. The molecule has 0 aliphatic carbocycles. The fourth-order valence-corrected chi connectivity index (χ4v) is 2.37. The van der Waals surface area contributed by atoms with Crippen LogP contribution in [0.3, 0.4) is 0 Å². The molecule has 0 saturated heterocycles. The van der Waals surface area contributed by atoms with Crippen molar-refractivity contribution in [3.05, 3.63) is 30.8 Å². The molecule has 0 spiro atoms. The Morgan fingerprint density at radius 2 is 2.18 bits per heavy atom. The summed E-state index contributed by atoms with van der Waals surface area (Å²) >= 11 is 11.1. The fraction of sp³-hybridized carbons (Fsp3) is 0. The minimum atomic E-state index is 0.473. The van der Waals surface area contributed by atoms with Gasteiger partial charge in [-0.3, -0.25) is 4.79 Å². The van der Waals surface area contributed by atoms with E-state index in [1.54, 1.807) is 6.07 Å². The summed E-state index contributed by atoms with van der Waals surface area (Å²) in [7, 11) is 0. The van der Waals surface area contributed by atoms with Crippen molar-refractivity contribution >= 4 is 56.4 Å². The molecule has 0 aliphatic heterocycles. The van der Waals surface area contributed by atoms with E-state index in [1.807, 2.05) is 6.07 Å². The van der Waals surface area contributed by atoms with Crippen LogP contribution in [0, 0.1) is 3.57 Å². The van der Waals surface area contributed by atoms with Crippen molar-refractivity contribution in [1.29, 1.82) is 0 Å². The van der Waals surface area contributed by atoms with Crippen molar-refractivity contribution in [3.63, 3.8) is 0 Å². The molecule has 0 aromatic heterocycles. The summed E-state index contributed by atoms with van der Waals surface area (Å²) in [6, 6.07) is 3.59. The summed E-state index contributed by atoms with van der Waals surface area (Å²) in [5.74, 6) is 0. The van der Waals surface area contributed by atoms with E-state index in [9.17, 15) is 4.79 Å². The van der Waals surface area contributed by atoms with Crippen LogP contribution in [0.2, 0.25) is 5.02 Å². The van der Waals surface area contributed by atoms with Crippen LogP contribution >= 0.6 is 50.1 Å². The van der Waals surface area contributed by atoms with Crippen LogP contribution in [0.4, 0.5) is 0 Å². The molecule has 0 heterocycles. The molecule has 1 rings (SSSR count). The molecule has 4 heteroatoms. The molecule has 0 fully saturated rings. The van der Waals surface area contributed by atoms with E-state index in [0.29, 0.717) is 10.6 Å². The van der Waals surface area contributed by atoms with Gasteiger partial charge in [0.25, 0.3) is 0 Å². The van der Waals surface area contributed by atoms with E-state index < -0.39 is 0 Å². The first-order valence-electron chi connectivity index (χ1n) is 2.75. The van der Waals surface area contributed by atoms with Crippen LogP contribution in [0.5, 0.6) is 0 Å². The number of halogens is 3. The van der Waals surface area contributed by atoms with Gasteiger partial charge in [-0.25, -0.2) is 0 Å². The van der Waals surface area contributed by atoms with Crippen molar-refractivity contribution < 1.29 is 4.79 Å². The predicted octanol–water partition coefficient (Wildman–Crippen LogP) is 3.52. The highest BCUT2D eigenvalue weighted by atomic mass is 127. The zero-order chi connectivity index (χ0) is 8.43. The minimum Gasteiger partial charge on any atom is -0.298 e. The Hall–Kier alpha value is 0.390. The third kappa shape index (κ3) is 2.16. The Bertz CT molecular complexity index is 301. The number of hydrogen-bond donors (Lipinski definition) is 0. The zero-order valence-electron chi connectivity index (χ0n) is 5.27. The van der Waals surface area contributed by atoms with Gasteiger partial charge < -0.3 is 0 Å². The summed E-state index contributed by atoms with van der Waals surface area (Å²) in [6.07, 6.45) is 0.745. The Kier molecular flexibility index (Phi) is 3.33. The van der Waals surface area contributed by atoms with Gasteiger partial charge in [-0.1, -0.05) is 11.6 Å². The standard InChI is InChI=1S/C7H3BrClIO/c8-6-2-5(10)1-4(3-11)7(6)9/h1-3H. The van der Waals surface area contributed by atoms with Gasteiger partial charge >= 0.3 is 0 Å². The van der Waals surface area contributed by atoms with Gasteiger partial charge in [0, 0.05) is 13.6 Å². The number of rotatable bonds is 1. The van der Waals surface area contributed by atoms with Crippen LogP contribution in [0.15, 0.2) is 16.6 Å². The second kappa shape index (κ2) is 3.87.